The first kappa shape index (κ1) is 15.8. The molecule has 0 saturated carbocycles. The van der Waals surface area contributed by atoms with Gasteiger partial charge in [0.2, 0.25) is 0 Å². The second kappa shape index (κ2) is 5.67. The summed E-state index contributed by atoms with van der Waals surface area (Å²) in [5.41, 5.74) is 5.23. The molecule has 21 heavy (non-hydrogen) atoms. The number of hydrogen-bond donors (Lipinski definition) is 2. The van der Waals surface area contributed by atoms with E-state index in [9.17, 15) is 17.2 Å². The summed E-state index contributed by atoms with van der Waals surface area (Å²) in [7, 11) is -4.26. The molecule has 2 rings (SSSR count). The fourth-order valence-corrected chi connectivity index (χ4v) is 3.91. The summed E-state index contributed by atoms with van der Waals surface area (Å²) in [6, 6.07) is 4.80. The number of benzene rings is 2. The fourth-order valence-electron chi connectivity index (χ4n) is 1.60. The van der Waals surface area contributed by atoms with E-state index < -0.39 is 32.2 Å². The van der Waals surface area contributed by atoms with E-state index in [1.54, 1.807) is 0 Å². The maximum absolute atomic E-state index is 13.5. The number of hydrogen-bond acceptors (Lipinski definition) is 3. The number of sulfonamides is 1. The van der Waals surface area contributed by atoms with E-state index in [-0.39, 0.29) is 15.7 Å². The van der Waals surface area contributed by atoms with E-state index in [1.807, 2.05) is 4.72 Å². The molecule has 0 aromatic heterocycles. The Hall–Kier alpha value is -1.57. The van der Waals surface area contributed by atoms with Crippen LogP contribution in [0.4, 0.5) is 20.2 Å². The van der Waals surface area contributed by atoms with Gasteiger partial charge in [0.1, 0.15) is 16.5 Å². The Kier molecular flexibility index (Phi) is 4.27. The number of rotatable bonds is 3. The van der Waals surface area contributed by atoms with Crippen LogP contribution in [0.1, 0.15) is 0 Å². The lowest BCUT2D eigenvalue weighted by atomic mass is 10.3. The Balaban J connectivity index is 2.48. The van der Waals surface area contributed by atoms with E-state index in [0.717, 1.165) is 12.1 Å². The van der Waals surface area contributed by atoms with Gasteiger partial charge in [-0.05, 0) is 24.3 Å². The topological polar surface area (TPSA) is 72.2 Å². The molecular formula is C12H8Cl2F2N2O2S. The molecule has 4 nitrogen and oxygen atoms in total. The van der Waals surface area contributed by atoms with Gasteiger partial charge >= 0.3 is 0 Å². The van der Waals surface area contributed by atoms with Crippen molar-refractivity contribution >= 4 is 44.6 Å². The molecule has 0 heterocycles. The molecule has 112 valence electrons. The second-order valence-corrected chi connectivity index (χ2v) is 6.48. The zero-order valence-electron chi connectivity index (χ0n) is 10.2. The minimum absolute atomic E-state index is 0.178. The van der Waals surface area contributed by atoms with Crippen molar-refractivity contribution in [1.82, 2.24) is 0 Å². The molecule has 9 heteroatoms. The summed E-state index contributed by atoms with van der Waals surface area (Å²) < 4.78 is 52.7. The van der Waals surface area contributed by atoms with Crippen LogP contribution in [0.15, 0.2) is 35.2 Å². The number of halogens is 4. The summed E-state index contributed by atoms with van der Waals surface area (Å²) in [6.45, 7) is 0. The first-order valence-electron chi connectivity index (χ1n) is 5.43. The lowest BCUT2D eigenvalue weighted by Crippen LogP contribution is -2.15. The first-order chi connectivity index (χ1) is 9.70. The van der Waals surface area contributed by atoms with Crippen LogP contribution in [0.5, 0.6) is 0 Å². The third kappa shape index (κ3) is 3.37. The quantitative estimate of drug-likeness (QED) is 0.828. The molecule has 0 fully saturated rings. The highest BCUT2D eigenvalue weighted by Gasteiger charge is 2.23. The smallest absolute Gasteiger partial charge is 0.264 e. The fraction of sp³-hybridized carbons (Fsp3) is 0. The van der Waals surface area contributed by atoms with Crippen LogP contribution in [0.25, 0.3) is 0 Å². The average molecular weight is 353 g/mol. The lowest BCUT2D eigenvalue weighted by molar-refractivity contribution is 0.583. The Bertz CT molecular complexity index is 790. The normalized spacial score (nSPS) is 11.4. The highest BCUT2D eigenvalue weighted by Crippen LogP contribution is 2.33. The molecular weight excluding hydrogens is 345 g/mol. The molecule has 0 aliphatic carbocycles. The van der Waals surface area contributed by atoms with Gasteiger partial charge in [0.05, 0.1) is 15.7 Å². The standard InChI is InChI=1S/C12H8Cl2F2N2O2S/c13-8-4-7(17)5-9(14)12(8)21(19,20)18-11-2-1-6(15)3-10(11)16/h1-5,18H,17H2. The molecule has 2 aromatic rings. The third-order valence-electron chi connectivity index (χ3n) is 2.46. The predicted molar refractivity (Wildman–Crippen MR) is 78.0 cm³/mol. The van der Waals surface area contributed by atoms with Crippen LogP contribution in [0.2, 0.25) is 10.0 Å². The van der Waals surface area contributed by atoms with Crippen LogP contribution in [0, 0.1) is 11.6 Å². The van der Waals surface area contributed by atoms with Gasteiger partial charge in [-0.2, -0.15) is 0 Å². The summed E-state index contributed by atoms with van der Waals surface area (Å²) in [5.74, 6) is -1.90. The summed E-state index contributed by atoms with van der Waals surface area (Å²) in [6.07, 6.45) is 0. The minimum Gasteiger partial charge on any atom is -0.399 e. The van der Waals surface area contributed by atoms with Gasteiger partial charge in [0.15, 0.2) is 0 Å². The van der Waals surface area contributed by atoms with Crippen LogP contribution in [-0.2, 0) is 10.0 Å². The van der Waals surface area contributed by atoms with E-state index in [0.29, 0.717) is 6.07 Å². The number of nitrogen functional groups attached to an aromatic ring is 1. The number of nitrogens with two attached hydrogens (primary N) is 1. The molecule has 0 aliphatic rings. The van der Waals surface area contributed by atoms with E-state index in [4.69, 9.17) is 28.9 Å². The van der Waals surface area contributed by atoms with Crippen LogP contribution in [0.3, 0.4) is 0 Å². The van der Waals surface area contributed by atoms with E-state index in [2.05, 4.69) is 0 Å². The first-order valence-corrected chi connectivity index (χ1v) is 7.67. The van der Waals surface area contributed by atoms with Gasteiger partial charge in [0, 0.05) is 11.8 Å². The lowest BCUT2D eigenvalue weighted by Gasteiger charge is -2.12. The van der Waals surface area contributed by atoms with Crippen molar-refractivity contribution in [3.05, 3.63) is 52.0 Å². The van der Waals surface area contributed by atoms with Gasteiger partial charge in [0.25, 0.3) is 10.0 Å². The maximum atomic E-state index is 13.5. The Morgan fingerprint density at radius 3 is 2.14 bits per heavy atom. The molecule has 2 aromatic carbocycles. The Morgan fingerprint density at radius 2 is 1.62 bits per heavy atom. The monoisotopic (exact) mass is 352 g/mol. The van der Waals surface area contributed by atoms with Crippen molar-refractivity contribution in [3.8, 4) is 0 Å². The molecule has 0 atom stereocenters. The molecule has 3 N–H and O–H groups in total. The van der Waals surface area contributed by atoms with Crippen molar-refractivity contribution in [2.45, 2.75) is 4.90 Å². The zero-order valence-corrected chi connectivity index (χ0v) is 12.5. The molecule has 0 amide bonds. The van der Waals surface area contributed by atoms with Gasteiger partial charge in [-0.3, -0.25) is 4.72 Å². The SMILES string of the molecule is Nc1cc(Cl)c(S(=O)(=O)Nc2ccc(F)cc2F)c(Cl)c1. The third-order valence-corrected chi connectivity index (χ3v) is 4.75. The largest absolute Gasteiger partial charge is 0.399 e. The van der Waals surface area contributed by atoms with Crippen LogP contribution < -0.4 is 10.5 Å². The van der Waals surface area contributed by atoms with Crippen molar-refractivity contribution in [2.75, 3.05) is 10.5 Å². The van der Waals surface area contributed by atoms with Crippen LogP contribution >= 0.6 is 23.2 Å². The van der Waals surface area contributed by atoms with Crippen molar-refractivity contribution in [1.29, 1.82) is 0 Å². The molecule has 0 saturated heterocycles. The highest BCUT2D eigenvalue weighted by atomic mass is 35.5. The average Bonchev–Trinajstić information content (AvgIpc) is 2.30. The summed E-state index contributed by atoms with van der Waals surface area (Å²) in [5, 5.41) is -0.426. The second-order valence-electron chi connectivity index (χ2n) is 4.04. The van der Waals surface area contributed by atoms with Gasteiger partial charge < -0.3 is 5.73 Å². The predicted octanol–water partition coefficient (Wildman–Crippen LogP) is 3.65. The van der Waals surface area contributed by atoms with Crippen LogP contribution in [-0.4, -0.2) is 8.42 Å². The number of nitrogens with one attached hydrogen (secondary N) is 1. The molecule has 0 unspecified atom stereocenters. The zero-order chi connectivity index (χ0) is 15.8. The Labute approximate surface area is 129 Å². The summed E-state index contributed by atoms with van der Waals surface area (Å²) in [4.78, 5) is -0.441. The van der Waals surface area contributed by atoms with E-state index >= 15 is 0 Å². The van der Waals surface area contributed by atoms with Gasteiger partial charge in [-0.25, -0.2) is 17.2 Å². The van der Waals surface area contributed by atoms with Crippen molar-refractivity contribution < 1.29 is 17.2 Å². The van der Waals surface area contributed by atoms with Crippen molar-refractivity contribution in [2.24, 2.45) is 0 Å². The van der Waals surface area contributed by atoms with Gasteiger partial charge in [-0.1, -0.05) is 23.2 Å². The maximum Gasteiger partial charge on any atom is 0.264 e. The van der Waals surface area contributed by atoms with E-state index in [1.165, 1.54) is 12.1 Å². The van der Waals surface area contributed by atoms with Crippen molar-refractivity contribution in [3.63, 3.8) is 0 Å². The summed E-state index contributed by atoms with van der Waals surface area (Å²) >= 11 is 11.6. The minimum atomic E-state index is -4.26. The number of anilines is 2. The molecule has 0 spiro atoms. The van der Waals surface area contributed by atoms with Gasteiger partial charge in [-0.15, -0.1) is 0 Å². The molecule has 0 bridgehead atoms. The Morgan fingerprint density at radius 1 is 1.05 bits per heavy atom. The molecule has 0 radical (unpaired) electrons. The highest BCUT2D eigenvalue weighted by molar-refractivity contribution is 7.93. The molecule has 0 aliphatic heterocycles.